The monoisotopic (exact) mass is 491 g/mol. The van der Waals surface area contributed by atoms with Gasteiger partial charge in [0.25, 0.3) is 0 Å². The Hall–Kier alpha value is -4.08. The predicted octanol–water partition coefficient (Wildman–Crippen LogP) is 5.65. The normalized spacial score (nSPS) is 21.9. The van der Waals surface area contributed by atoms with Crippen molar-refractivity contribution in [2.24, 2.45) is 10.7 Å². The Balaban J connectivity index is 1.19. The maximum Gasteiger partial charge on any atom is 0.416 e. The molecule has 36 heavy (non-hydrogen) atoms. The van der Waals surface area contributed by atoms with E-state index in [2.05, 4.69) is 19.9 Å². The van der Waals surface area contributed by atoms with E-state index in [4.69, 9.17) is 15.2 Å². The molecule has 3 unspecified atom stereocenters. The van der Waals surface area contributed by atoms with E-state index in [1.54, 1.807) is 6.20 Å². The van der Waals surface area contributed by atoms with Crippen LogP contribution in [0, 0.1) is 6.92 Å². The molecule has 7 nitrogen and oxygen atoms in total. The molecule has 0 bridgehead atoms. The second-order valence-corrected chi connectivity index (χ2v) is 9.46. The van der Waals surface area contributed by atoms with Crippen LogP contribution >= 0.6 is 0 Å². The summed E-state index contributed by atoms with van der Waals surface area (Å²) in [5.74, 6) is 3.97. The fourth-order valence-corrected chi connectivity index (χ4v) is 5.32. The third-order valence-corrected chi connectivity index (χ3v) is 7.09. The van der Waals surface area contributed by atoms with Gasteiger partial charge in [-0.2, -0.15) is 13.2 Å². The lowest BCUT2D eigenvalue weighted by molar-refractivity contribution is -0.137. The van der Waals surface area contributed by atoms with E-state index in [0.717, 1.165) is 34.6 Å². The van der Waals surface area contributed by atoms with Crippen molar-refractivity contribution in [3.63, 3.8) is 0 Å². The van der Waals surface area contributed by atoms with E-state index in [-0.39, 0.29) is 17.9 Å². The van der Waals surface area contributed by atoms with Gasteiger partial charge >= 0.3 is 6.18 Å². The number of benzene rings is 2. The van der Waals surface area contributed by atoms with E-state index in [1.807, 2.05) is 25.1 Å². The Morgan fingerprint density at radius 1 is 1.11 bits per heavy atom. The molecule has 4 heterocycles. The SMILES string of the molecule is Cc1cc(Oc2ccnc3c2CCC(N)=N3)cc2c1OC1C(c3nc4ccc(C(F)(F)F)cc4[nH]3)C21. The summed E-state index contributed by atoms with van der Waals surface area (Å²) in [7, 11) is 0. The summed E-state index contributed by atoms with van der Waals surface area (Å²) in [5, 5.41) is 0. The van der Waals surface area contributed by atoms with Gasteiger partial charge in [0.1, 0.15) is 35.0 Å². The minimum Gasteiger partial charge on any atom is -0.488 e. The second-order valence-electron chi connectivity index (χ2n) is 9.46. The van der Waals surface area contributed by atoms with Crippen LogP contribution in [0.2, 0.25) is 0 Å². The van der Waals surface area contributed by atoms with Gasteiger partial charge in [0, 0.05) is 29.7 Å². The molecule has 1 fully saturated rings. The number of pyridine rings is 1. The number of ether oxygens (including phenoxy) is 2. The maximum absolute atomic E-state index is 13.1. The van der Waals surface area contributed by atoms with Crippen molar-refractivity contribution >= 4 is 22.7 Å². The molecule has 2 aliphatic heterocycles. The Labute approximate surface area is 203 Å². The Morgan fingerprint density at radius 2 is 1.97 bits per heavy atom. The number of rotatable bonds is 3. The summed E-state index contributed by atoms with van der Waals surface area (Å²) in [5.41, 5.74) is 8.92. The number of hydrogen-bond donors (Lipinski definition) is 2. The van der Waals surface area contributed by atoms with Crippen LogP contribution in [0.1, 0.15) is 46.3 Å². The highest BCUT2D eigenvalue weighted by Crippen LogP contribution is 2.64. The standard InChI is InChI=1S/C26H20F3N5O2/c1-11-8-13(35-18-6-7-31-24-14(18)3-5-19(30)34-24)10-15-20-21(23(20)36-22(11)15)25-32-16-4-2-12(26(27,28)29)9-17(16)33-25/h2,4,6-10,20-21,23H,3,5H2,1H3,(H,32,33)(H2,30,31,34). The van der Waals surface area contributed by atoms with E-state index in [0.29, 0.717) is 52.9 Å². The van der Waals surface area contributed by atoms with Gasteiger partial charge in [-0.05, 0) is 55.3 Å². The van der Waals surface area contributed by atoms with Crippen LogP contribution in [0.4, 0.5) is 19.0 Å². The lowest BCUT2D eigenvalue weighted by Crippen LogP contribution is -2.16. The molecule has 0 amide bonds. The number of alkyl halides is 3. The van der Waals surface area contributed by atoms with Crippen molar-refractivity contribution < 1.29 is 22.6 Å². The molecule has 3 aliphatic rings. The van der Waals surface area contributed by atoms with Crippen molar-refractivity contribution in [3.8, 4) is 17.2 Å². The number of H-pyrrole nitrogens is 1. The zero-order valence-electron chi connectivity index (χ0n) is 19.1. The third kappa shape index (κ3) is 3.24. The number of nitrogens with zero attached hydrogens (tertiary/aromatic N) is 3. The maximum atomic E-state index is 13.1. The summed E-state index contributed by atoms with van der Waals surface area (Å²) in [6, 6.07) is 9.28. The number of hydrogen-bond acceptors (Lipinski definition) is 6. The predicted molar refractivity (Wildman–Crippen MR) is 126 cm³/mol. The summed E-state index contributed by atoms with van der Waals surface area (Å²) in [6.45, 7) is 1.97. The molecule has 0 saturated heterocycles. The molecular formula is C26H20F3N5O2. The quantitative estimate of drug-likeness (QED) is 0.386. The van der Waals surface area contributed by atoms with Gasteiger partial charge in [0.2, 0.25) is 0 Å². The number of halogens is 3. The molecular weight excluding hydrogens is 471 g/mol. The molecule has 0 radical (unpaired) electrons. The molecule has 3 atom stereocenters. The molecule has 0 spiro atoms. The first-order chi connectivity index (χ1) is 17.3. The van der Waals surface area contributed by atoms with Crippen molar-refractivity contribution in [1.29, 1.82) is 0 Å². The number of aryl methyl sites for hydroxylation is 1. The third-order valence-electron chi connectivity index (χ3n) is 7.09. The van der Waals surface area contributed by atoms with Gasteiger partial charge in [0.05, 0.1) is 22.5 Å². The minimum atomic E-state index is -4.40. The Morgan fingerprint density at radius 3 is 2.81 bits per heavy atom. The lowest BCUT2D eigenvalue weighted by Gasteiger charge is -2.17. The molecule has 2 aromatic carbocycles. The first-order valence-corrected chi connectivity index (χ1v) is 11.6. The highest BCUT2D eigenvalue weighted by Gasteiger charge is 2.61. The number of amidine groups is 1. The van der Waals surface area contributed by atoms with Crippen molar-refractivity contribution in [1.82, 2.24) is 15.0 Å². The lowest BCUT2D eigenvalue weighted by atomic mass is 10.0. The van der Waals surface area contributed by atoms with Crippen LogP contribution in [0.25, 0.3) is 11.0 Å². The van der Waals surface area contributed by atoms with Gasteiger partial charge in [-0.15, -0.1) is 0 Å². The van der Waals surface area contributed by atoms with Crippen molar-refractivity contribution in [3.05, 3.63) is 70.7 Å². The Kier molecular flexibility index (Phi) is 4.26. The van der Waals surface area contributed by atoms with Crippen molar-refractivity contribution in [2.45, 2.75) is 43.9 Å². The molecule has 10 heteroatoms. The first-order valence-electron chi connectivity index (χ1n) is 11.6. The largest absolute Gasteiger partial charge is 0.488 e. The number of fused-ring (bicyclic) bond motifs is 5. The molecule has 2 aromatic heterocycles. The van der Waals surface area contributed by atoms with E-state index in [1.165, 1.54) is 6.07 Å². The number of aromatic amines is 1. The number of nitrogens with one attached hydrogen (secondary N) is 1. The second kappa shape index (κ2) is 7.22. The van der Waals surface area contributed by atoms with Gasteiger partial charge < -0.3 is 20.2 Å². The molecule has 182 valence electrons. The van der Waals surface area contributed by atoms with Gasteiger partial charge in [0.15, 0.2) is 5.82 Å². The summed E-state index contributed by atoms with van der Waals surface area (Å²) in [6.07, 6.45) is -1.51. The van der Waals surface area contributed by atoms with Crippen LogP contribution in [-0.2, 0) is 12.6 Å². The zero-order valence-corrected chi connectivity index (χ0v) is 19.1. The average Bonchev–Trinajstić information content (AvgIpc) is 3.17. The fraction of sp³-hybridized carbons (Fsp3) is 0.269. The van der Waals surface area contributed by atoms with Gasteiger partial charge in [-0.1, -0.05) is 0 Å². The number of aliphatic imine (C=N–C) groups is 1. The molecule has 4 aromatic rings. The van der Waals surface area contributed by atoms with E-state index < -0.39 is 11.7 Å². The molecule has 1 aliphatic carbocycles. The highest BCUT2D eigenvalue weighted by molar-refractivity contribution is 5.85. The van der Waals surface area contributed by atoms with E-state index in [9.17, 15) is 13.2 Å². The molecule has 1 saturated carbocycles. The summed E-state index contributed by atoms with van der Waals surface area (Å²) >= 11 is 0. The van der Waals surface area contributed by atoms with Crippen LogP contribution in [0.5, 0.6) is 17.2 Å². The number of nitrogens with two attached hydrogens (primary N) is 1. The average molecular weight is 491 g/mol. The topological polar surface area (TPSA) is 98.4 Å². The van der Waals surface area contributed by atoms with Crippen LogP contribution in [-0.4, -0.2) is 26.9 Å². The van der Waals surface area contributed by atoms with Crippen molar-refractivity contribution in [2.75, 3.05) is 0 Å². The molecule has 3 N–H and O–H groups in total. The smallest absolute Gasteiger partial charge is 0.416 e. The molecule has 7 rings (SSSR count). The van der Waals surface area contributed by atoms with Gasteiger partial charge in [-0.3, -0.25) is 0 Å². The fourth-order valence-electron chi connectivity index (χ4n) is 5.32. The summed E-state index contributed by atoms with van der Waals surface area (Å²) in [4.78, 5) is 16.3. The number of imidazole rings is 1. The number of aromatic nitrogens is 3. The van der Waals surface area contributed by atoms with Crippen LogP contribution < -0.4 is 15.2 Å². The first kappa shape index (κ1) is 21.2. The minimum absolute atomic E-state index is 0.0557. The van der Waals surface area contributed by atoms with E-state index >= 15 is 0 Å². The van der Waals surface area contributed by atoms with Gasteiger partial charge in [-0.25, -0.2) is 15.0 Å². The highest BCUT2D eigenvalue weighted by atomic mass is 19.4. The van der Waals surface area contributed by atoms with Crippen LogP contribution in [0.15, 0.2) is 47.6 Å². The Bertz CT molecular complexity index is 1590. The van der Waals surface area contributed by atoms with Crippen LogP contribution in [0.3, 0.4) is 0 Å². The summed E-state index contributed by atoms with van der Waals surface area (Å²) < 4.78 is 51.8. The zero-order chi connectivity index (χ0) is 24.8.